The molecule has 0 radical (unpaired) electrons. The molecule has 1 unspecified atom stereocenters. The van der Waals surface area contributed by atoms with Crippen LogP contribution in [0.5, 0.6) is 5.75 Å². The molecule has 1 aliphatic rings. The lowest BCUT2D eigenvalue weighted by Gasteiger charge is -2.23. The van der Waals surface area contributed by atoms with E-state index >= 15 is 0 Å². The zero-order valence-corrected chi connectivity index (χ0v) is 8.83. The fourth-order valence-corrected chi connectivity index (χ4v) is 1.73. The molecule has 2 amide bonds. The molecule has 0 bridgehead atoms. The van der Waals surface area contributed by atoms with E-state index in [1.54, 1.807) is 7.11 Å². The molecule has 4 heteroatoms. The Balaban J connectivity index is 2.25. The molecule has 0 spiro atoms. The number of nitrogens with one attached hydrogen (secondary N) is 2. The molecule has 1 aliphatic heterocycles. The van der Waals surface area contributed by atoms with Crippen LogP contribution in [0.15, 0.2) is 24.3 Å². The van der Waals surface area contributed by atoms with E-state index < -0.39 is 0 Å². The van der Waals surface area contributed by atoms with Gasteiger partial charge in [0.05, 0.1) is 12.6 Å². The van der Waals surface area contributed by atoms with Gasteiger partial charge in [-0.05, 0) is 24.6 Å². The summed E-state index contributed by atoms with van der Waals surface area (Å²) in [4.78, 5) is 11.1. The third kappa shape index (κ3) is 1.75. The fraction of sp³-hybridized carbons (Fsp3) is 0.364. The summed E-state index contributed by atoms with van der Waals surface area (Å²) in [5.41, 5.74) is 0.755. The van der Waals surface area contributed by atoms with Gasteiger partial charge in [-0.25, -0.2) is 4.79 Å². The molecule has 2 N–H and O–H groups in total. The summed E-state index contributed by atoms with van der Waals surface area (Å²) in [5, 5.41) is 5.65. The van der Waals surface area contributed by atoms with Crippen LogP contribution < -0.4 is 15.4 Å². The SMILES string of the molecule is COc1ccc(C2(C)CNC(=O)N2)cc1. The second kappa shape index (κ2) is 3.46. The topological polar surface area (TPSA) is 50.4 Å². The van der Waals surface area contributed by atoms with Gasteiger partial charge in [0.15, 0.2) is 0 Å². The van der Waals surface area contributed by atoms with Crippen LogP contribution in [0.3, 0.4) is 0 Å². The highest BCUT2D eigenvalue weighted by molar-refractivity contribution is 5.77. The van der Waals surface area contributed by atoms with Crippen molar-refractivity contribution < 1.29 is 9.53 Å². The Bertz CT molecular complexity index is 375. The first-order valence-corrected chi connectivity index (χ1v) is 4.84. The van der Waals surface area contributed by atoms with Crippen LogP contribution in [0.4, 0.5) is 4.79 Å². The van der Waals surface area contributed by atoms with Gasteiger partial charge in [0.25, 0.3) is 0 Å². The highest BCUT2D eigenvalue weighted by Gasteiger charge is 2.34. The van der Waals surface area contributed by atoms with E-state index in [0.29, 0.717) is 6.54 Å². The minimum atomic E-state index is -0.316. The van der Waals surface area contributed by atoms with Gasteiger partial charge in [-0.3, -0.25) is 0 Å². The molecule has 1 fully saturated rings. The van der Waals surface area contributed by atoms with E-state index in [0.717, 1.165) is 11.3 Å². The Labute approximate surface area is 88.6 Å². The van der Waals surface area contributed by atoms with Crippen LogP contribution in [0.1, 0.15) is 12.5 Å². The first-order chi connectivity index (χ1) is 7.14. The summed E-state index contributed by atoms with van der Waals surface area (Å²) in [6, 6.07) is 7.60. The normalized spacial score (nSPS) is 24.5. The number of methoxy groups -OCH3 is 1. The molecule has 0 aromatic heterocycles. The molecule has 15 heavy (non-hydrogen) atoms. The molecule has 4 nitrogen and oxygen atoms in total. The molecular formula is C11H14N2O2. The van der Waals surface area contributed by atoms with Crippen molar-refractivity contribution in [1.82, 2.24) is 10.6 Å². The molecule has 1 heterocycles. The Morgan fingerprint density at radius 3 is 2.47 bits per heavy atom. The molecular weight excluding hydrogens is 192 g/mol. The predicted molar refractivity (Wildman–Crippen MR) is 56.9 cm³/mol. The van der Waals surface area contributed by atoms with Gasteiger partial charge in [0.2, 0.25) is 0 Å². The number of amides is 2. The highest BCUT2D eigenvalue weighted by atomic mass is 16.5. The summed E-state index contributed by atoms with van der Waals surface area (Å²) in [5.74, 6) is 0.819. The van der Waals surface area contributed by atoms with Crippen LogP contribution in [0.2, 0.25) is 0 Å². The standard InChI is InChI=1S/C11H14N2O2/c1-11(7-12-10(14)13-11)8-3-5-9(15-2)6-4-8/h3-6H,7H2,1-2H3,(H2,12,13,14). The fourth-order valence-electron chi connectivity index (χ4n) is 1.73. The van der Waals surface area contributed by atoms with Gasteiger partial charge in [0.1, 0.15) is 5.75 Å². The van der Waals surface area contributed by atoms with Crippen molar-refractivity contribution in [2.75, 3.05) is 13.7 Å². The molecule has 1 atom stereocenters. The van der Waals surface area contributed by atoms with Crippen molar-refractivity contribution in [3.05, 3.63) is 29.8 Å². The zero-order valence-electron chi connectivity index (χ0n) is 8.83. The molecule has 0 aliphatic carbocycles. The Hall–Kier alpha value is -1.71. The molecule has 80 valence electrons. The van der Waals surface area contributed by atoms with Crippen LogP contribution in [-0.2, 0) is 5.54 Å². The summed E-state index contributed by atoms with van der Waals surface area (Å²) in [7, 11) is 1.63. The number of ether oxygens (including phenoxy) is 1. The van der Waals surface area contributed by atoms with E-state index in [2.05, 4.69) is 10.6 Å². The van der Waals surface area contributed by atoms with E-state index in [4.69, 9.17) is 4.74 Å². The molecule has 1 saturated heterocycles. The van der Waals surface area contributed by atoms with E-state index in [1.807, 2.05) is 31.2 Å². The van der Waals surface area contributed by atoms with Crippen molar-refractivity contribution in [3.63, 3.8) is 0 Å². The maximum absolute atomic E-state index is 11.1. The number of rotatable bonds is 2. The summed E-state index contributed by atoms with van der Waals surface area (Å²) < 4.78 is 5.08. The lowest BCUT2D eigenvalue weighted by Crippen LogP contribution is -2.37. The Morgan fingerprint density at radius 2 is 2.00 bits per heavy atom. The third-order valence-corrected chi connectivity index (χ3v) is 2.72. The number of benzene rings is 1. The highest BCUT2D eigenvalue weighted by Crippen LogP contribution is 2.24. The lowest BCUT2D eigenvalue weighted by atomic mass is 9.93. The minimum Gasteiger partial charge on any atom is -0.497 e. The lowest BCUT2D eigenvalue weighted by molar-refractivity contribution is 0.245. The van der Waals surface area contributed by atoms with Crippen LogP contribution in [-0.4, -0.2) is 19.7 Å². The average Bonchev–Trinajstić information content (AvgIpc) is 2.60. The maximum Gasteiger partial charge on any atom is 0.315 e. The third-order valence-electron chi connectivity index (χ3n) is 2.72. The van der Waals surface area contributed by atoms with Gasteiger partial charge in [-0.2, -0.15) is 0 Å². The monoisotopic (exact) mass is 206 g/mol. The number of carbonyl (C=O) groups excluding carboxylic acids is 1. The van der Waals surface area contributed by atoms with Crippen molar-refractivity contribution >= 4 is 6.03 Å². The number of urea groups is 1. The molecule has 1 aromatic rings. The van der Waals surface area contributed by atoms with Crippen LogP contribution in [0.25, 0.3) is 0 Å². The van der Waals surface area contributed by atoms with Gasteiger partial charge in [0, 0.05) is 6.54 Å². The van der Waals surface area contributed by atoms with Crippen LogP contribution in [0, 0.1) is 0 Å². The minimum absolute atomic E-state index is 0.117. The van der Waals surface area contributed by atoms with Gasteiger partial charge >= 0.3 is 6.03 Å². The average molecular weight is 206 g/mol. The molecule has 1 aromatic carbocycles. The zero-order chi connectivity index (χ0) is 10.9. The number of hydrogen-bond acceptors (Lipinski definition) is 2. The van der Waals surface area contributed by atoms with Crippen molar-refractivity contribution in [3.8, 4) is 5.75 Å². The predicted octanol–water partition coefficient (Wildman–Crippen LogP) is 1.22. The van der Waals surface area contributed by atoms with E-state index in [9.17, 15) is 4.79 Å². The first-order valence-electron chi connectivity index (χ1n) is 4.84. The quantitative estimate of drug-likeness (QED) is 0.764. The number of carbonyl (C=O) groups is 1. The molecule has 2 rings (SSSR count). The maximum atomic E-state index is 11.1. The first kappa shape index (κ1) is 9.83. The van der Waals surface area contributed by atoms with Crippen molar-refractivity contribution in [2.45, 2.75) is 12.5 Å². The van der Waals surface area contributed by atoms with Crippen molar-refractivity contribution in [1.29, 1.82) is 0 Å². The summed E-state index contributed by atoms with van der Waals surface area (Å²) in [6.45, 7) is 2.60. The Kier molecular flexibility index (Phi) is 2.26. The largest absolute Gasteiger partial charge is 0.497 e. The van der Waals surface area contributed by atoms with E-state index in [-0.39, 0.29) is 11.6 Å². The van der Waals surface area contributed by atoms with Gasteiger partial charge < -0.3 is 15.4 Å². The van der Waals surface area contributed by atoms with Crippen molar-refractivity contribution in [2.24, 2.45) is 0 Å². The summed E-state index contributed by atoms with van der Waals surface area (Å²) in [6.07, 6.45) is 0. The van der Waals surface area contributed by atoms with Crippen LogP contribution >= 0.6 is 0 Å². The second-order valence-corrected chi connectivity index (χ2v) is 3.87. The van der Waals surface area contributed by atoms with Gasteiger partial charge in [-0.1, -0.05) is 12.1 Å². The van der Waals surface area contributed by atoms with E-state index in [1.165, 1.54) is 0 Å². The smallest absolute Gasteiger partial charge is 0.315 e. The summed E-state index contributed by atoms with van der Waals surface area (Å²) >= 11 is 0. The number of hydrogen-bond donors (Lipinski definition) is 2. The Morgan fingerprint density at radius 1 is 1.33 bits per heavy atom. The molecule has 0 saturated carbocycles. The second-order valence-electron chi connectivity index (χ2n) is 3.87. The van der Waals surface area contributed by atoms with Gasteiger partial charge in [-0.15, -0.1) is 0 Å².